The number of aliphatic hydroxyl groups is 1. The molecule has 88 valence electrons. The Morgan fingerprint density at radius 1 is 1.40 bits per heavy atom. The van der Waals surface area contributed by atoms with Crippen LogP contribution in [0.3, 0.4) is 0 Å². The summed E-state index contributed by atoms with van der Waals surface area (Å²) in [7, 11) is 0. The Balaban J connectivity index is 3.44. The van der Waals surface area contributed by atoms with Crippen molar-refractivity contribution in [1.82, 2.24) is 5.32 Å². The maximum atomic E-state index is 8.94. The molecule has 0 bridgehead atoms. The smallest absolute Gasteiger partial charge is 0.0683 e. The summed E-state index contributed by atoms with van der Waals surface area (Å²) in [5.74, 6) is 0. The minimum Gasteiger partial charge on any atom is -0.395 e. The second-order valence-electron chi connectivity index (χ2n) is 4.69. The molecule has 0 aromatic heterocycles. The Bertz CT molecular complexity index is 192. The maximum Gasteiger partial charge on any atom is 0.0683 e. The number of aliphatic hydroxyl groups excluding tert-OH is 1. The van der Waals surface area contributed by atoms with Crippen molar-refractivity contribution >= 4 is 0 Å². The monoisotopic (exact) mass is 212 g/mol. The standard InChI is InChI=1S/C12H24N2O/c1-4-11(9-15)14-8-6-5-7-12(2,3)10-13/h11,14-15H,4-9H2,1-3H3. The van der Waals surface area contributed by atoms with Crippen molar-refractivity contribution in [2.24, 2.45) is 5.41 Å². The molecule has 0 fully saturated rings. The first-order valence-electron chi connectivity index (χ1n) is 5.81. The molecule has 3 heteroatoms. The van der Waals surface area contributed by atoms with Gasteiger partial charge in [0.2, 0.25) is 0 Å². The molecule has 1 atom stereocenters. The van der Waals surface area contributed by atoms with Crippen molar-refractivity contribution in [3.8, 4) is 6.07 Å². The van der Waals surface area contributed by atoms with Crippen LogP contribution in [-0.2, 0) is 0 Å². The topological polar surface area (TPSA) is 56.0 Å². The third-order valence-electron chi connectivity index (χ3n) is 2.68. The van der Waals surface area contributed by atoms with E-state index in [-0.39, 0.29) is 18.1 Å². The normalized spacial score (nSPS) is 13.5. The number of nitrogens with one attached hydrogen (secondary N) is 1. The van der Waals surface area contributed by atoms with Gasteiger partial charge in [-0.05, 0) is 39.7 Å². The van der Waals surface area contributed by atoms with E-state index in [2.05, 4.69) is 18.3 Å². The van der Waals surface area contributed by atoms with Crippen LogP contribution in [0, 0.1) is 16.7 Å². The highest BCUT2D eigenvalue weighted by molar-refractivity contribution is 4.91. The number of hydrogen-bond donors (Lipinski definition) is 2. The lowest BCUT2D eigenvalue weighted by atomic mass is 9.89. The molecular formula is C12H24N2O. The molecule has 0 aliphatic heterocycles. The van der Waals surface area contributed by atoms with E-state index in [0.717, 1.165) is 32.2 Å². The third-order valence-corrected chi connectivity index (χ3v) is 2.68. The van der Waals surface area contributed by atoms with Crippen LogP contribution in [0.1, 0.15) is 46.5 Å². The quantitative estimate of drug-likeness (QED) is 0.606. The Labute approximate surface area is 93.5 Å². The number of rotatable bonds is 8. The Morgan fingerprint density at radius 2 is 2.07 bits per heavy atom. The van der Waals surface area contributed by atoms with E-state index in [9.17, 15) is 0 Å². The van der Waals surface area contributed by atoms with Gasteiger partial charge in [-0.3, -0.25) is 0 Å². The third kappa shape index (κ3) is 7.35. The average Bonchev–Trinajstić information content (AvgIpc) is 2.23. The predicted octanol–water partition coefficient (Wildman–Crippen LogP) is 2.07. The number of nitriles is 1. The van der Waals surface area contributed by atoms with Gasteiger partial charge < -0.3 is 10.4 Å². The van der Waals surface area contributed by atoms with Gasteiger partial charge in [0, 0.05) is 6.04 Å². The zero-order valence-electron chi connectivity index (χ0n) is 10.2. The average molecular weight is 212 g/mol. The minimum atomic E-state index is -0.193. The first kappa shape index (κ1) is 14.4. The molecule has 3 nitrogen and oxygen atoms in total. The summed E-state index contributed by atoms with van der Waals surface area (Å²) < 4.78 is 0. The first-order valence-corrected chi connectivity index (χ1v) is 5.81. The summed E-state index contributed by atoms with van der Waals surface area (Å²) in [5.41, 5.74) is -0.193. The highest BCUT2D eigenvalue weighted by Crippen LogP contribution is 2.21. The fraction of sp³-hybridized carbons (Fsp3) is 0.917. The van der Waals surface area contributed by atoms with Gasteiger partial charge in [0.15, 0.2) is 0 Å². The molecule has 0 radical (unpaired) electrons. The van der Waals surface area contributed by atoms with E-state index in [1.54, 1.807) is 0 Å². The largest absolute Gasteiger partial charge is 0.395 e. The van der Waals surface area contributed by atoms with Crippen LogP contribution in [0.5, 0.6) is 0 Å². The molecule has 0 saturated heterocycles. The molecule has 0 amide bonds. The van der Waals surface area contributed by atoms with Gasteiger partial charge in [-0.15, -0.1) is 0 Å². The minimum absolute atomic E-state index is 0.193. The molecular weight excluding hydrogens is 188 g/mol. The van der Waals surface area contributed by atoms with Crippen molar-refractivity contribution in [3.63, 3.8) is 0 Å². The molecule has 0 aliphatic rings. The van der Waals surface area contributed by atoms with Crippen molar-refractivity contribution in [3.05, 3.63) is 0 Å². The van der Waals surface area contributed by atoms with Crippen LogP contribution in [0.4, 0.5) is 0 Å². The fourth-order valence-corrected chi connectivity index (χ4v) is 1.39. The Kier molecular flexibility index (Phi) is 7.37. The van der Waals surface area contributed by atoms with Gasteiger partial charge in [-0.2, -0.15) is 5.26 Å². The van der Waals surface area contributed by atoms with Crippen molar-refractivity contribution in [1.29, 1.82) is 5.26 Å². The molecule has 15 heavy (non-hydrogen) atoms. The van der Waals surface area contributed by atoms with Crippen molar-refractivity contribution in [2.75, 3.05) is 13.2 Å². The summed E-state index contributed by atoms with van der Waals surface area (Å²) in [5, 5.41) is 21.1. The molecule has 0 rings (SSSR count). The van der Waals surface area contributed by atoms with Crippen LogP contribution in [-0.4, -0.2) is 24.3 Å². The number of hydrogen-bond acceptors (Lipinski definition) is 3. The van der Waals surface area contributed by atoms with Gasteiger partial charge in [-0.25, -0.2) is 0 Å². The van der Waals surface area contributed by atoms with Crippen molar-refractivity contribution < 1.29 is 5.11 Å². The van der Waals surface area contributed by atoms with Crippen LogP contribution < -0.4 is 5.32 Å². The number of nitrogens with zero attached hydrogens (tertiary/aromatic N) is 1. The summed E-state index contributed by atoms with van der Waals surface area (Å²) in [6.45, 7) is 7.15. The molecule has 1 unspecified atom stereocenters. The predicted molar refractivity (Wildman–Crippen MR) is 62.4 cm³/mol. The lowest BCUT2D eigenvalue weighted by Gasteiger charge is -2.16. The lowest BCUT2D eigenvalue weighted by Crippen LogP contribution is -2.32. The maximum absolute atomic E-state index is 8.94. The molecule has 0 heterocycles. The van der Waals surface area contributed by atoms with E-state index in [0.29, 0.717) is 0 Å². The van der Waals surface area contributed by atoms with Crippen LogP contribution in [0.15, 0.2) is 0 Å². The Hall–Kier alpha value is -0.590. The van der Waals surface area contributed by atoms with E-state index in [1.807, 2.05) is 13.8 Å². The van der Waals surface area contributed by atoms with Crippen LogP contribution in [0.25, 0.3) is 0 Å². The molecule has 0 saturated carbocycles. The van der Waals surface area contributed by atoms with Gasteiger partial charge >= 0.3 is 0 Å². The van der Waals surface area contributed by atoms with Crippen molar-refractivity contribution in [2.45, 2.75) is 52.5 Å². The summed E-state index contributed by atoms with van der Waals surface area (Å²) in [4.78, 5) is 0. The second kappa shape index (κ2) is 7.67. The van der Waals surface area contributed by atoms with E-state index >= 15 is 0 Å². The zero-order chi connectivity index (χ0) is 11.7. The molecule has 0 aliphatic carbocycles. The second-order valence-corrected chi connectivity index (χ2v) is 4.69. The lowest BCUT2D eigenvalue weighted by molar-refractivity contribution is 0.238. The molecule has 2 N–H and O–H groups in total. The van der Waals surface area contributed by atoms with Gasteiger partial charge in [0.1, 0.15) is 0 Å². The van der Waals surface area contributed by atoms with E-state index < -0.39 is 0 Å². The number of unbranched alkanes of at least 4 members (excludes halogenated alkanes) is 1. The van der Waals surface area contributed by atoms with Gasteiger partial charge in [0.05, 0.1) is 18.1 Å². The highest BCUT2D eigenvalue weighted by atomic mass is 16.3. The molecule has 0 aromatic carbocycles. The summed E-state index contributed by atoms with van der Waals surface area (Å²) in [6.07, 6.45) is 4.04. The Morgan fingerprint density at radius 3 is 2.53 bits per heavy atom. The fourth-order valence-electron chi connectivity index (χ4n) is 1.39. The van der Waals surface area contributed by atoms with Gasteiger partial charge in [-0.1, -0.05) is 13.3 Å². The SMILES string of the molecule is CCC(CO)NCCCCC(C)(C)C#N. The zero-order valence-corrected chi connectivity index (χ0v) is 10.2. The summed E-state index contributed by atoms with van der Waals surface area (Å²) >= 11 is 0. The van der Waals surface area contributed by atoms with Crippen LogP contribution in [0.2, 0.25) is 0 Å². The first-order chi connectivity index (χ1) is 7.05. The van der Waals surface area contributed by atoms with E-state index in [4.69, 9.17) is 10.4 Å². The molecule has 0 aromatic rings. The highest BCUT2D eigenvalue weighted by Gasteiger charge is 2.15. The van der Waals surface area contributed by atoms with Gasteiger partial charge in [0.25, 0.3) is 0 Å². The molecule has 0 spiro atoms. The van der Waals surface area contributed by atoms with E-state index in [1.165, 1.54) is 0 Å². The summed E-state index contributed by atoms with van der Waals surface area (Å²) in [6, 6.07) is 2.53. The van der Waals surface area contributed by atoms with Crippen LogP contribution >= 0.6 is 0 Å².